The molecule has 0 saturated carbocycles. The van der Waals surface area contributed by atoms with Gasteiger partial charge in [0, 0.05) is 17.6 Å². The molecule has 0 aromatic heterocycles. The minimum absolute atomic E-state index is 0.276. The molecule has 1 aromatic rings. The molecule has 1 aliphatic rings. The van der Waals surface area contributed by atoms with Crippen LogP contribution in [0.1, 0.15) is 17.5 Å². The van der Waals surface area contributed by atoms with Gasteiger partial charge in [0.25, 0.3) is 5.91 Å². The second-order valence-electron chi connectivity index (χ2n) is 4.04. The van der Waals surface area contributed by atoms with E-state index in [1.807, 2.05) is 18.2 Å². The predicted molar refractivity (Wildman–Crippen MR) is 63.9 cm³/mol. The number of carbonyl (C=O) groups is 1. The SMILES string of the molecule is O=C(C(F)F)N1CCCc2c(Br)cccc2C1. The zero-order valence-electron chi connectivity index (χ0n) is 9.13. The van der Waals surface area contributed by atoms with Crippen molar-refractivity contribution < 1.29 is 13.6 Å². The predicted octanol–water partition coefficient (Wildman–Crippen LogP) is 2.99. The summed E-state index contributed by atoms with van der Waals surface area (Å²) in [5.74, 6) is -1.07. The van der Waals surface area contributed by atoms with Gasteiger partial charge in [0.15, 0.2) is 0 Å². The molecule has 2 rings (SSSR count). The monoisotopic (exact) mass is 303 g/mol. The zero-order valence-corrected chi connectivity index (χ0v) is 10.7. The number of alkyl halides is 2. The minimum Gasteiger partial charge on any atom is -0.333 e. The Kier molecular flexibility index (Phi) is 3.76. The van der Waals surface area contributed by atoms with Gasteiger partial charge in [0.05, 0.1) is 0 Å². The molecule has 0 spiro atoms. The van der Waals surface area contributed by atoms with Crippen molar-refractivity contribution in [3.8, 4) is 0 Å². The van der Waals surface area contributed by atoms with Gasteiger partial charge in [-0.2, -0.15) is 8.78 Å². The van der Waals surface area contributed by atoms with Crippen LogP contribution >= 0.6 is 15.9 Å². The van der Waals surface area contributed by atoms with Gasteiger partial charge in [-0.15, -0.1) is 0 Å². The van der Waals surface area contributed by atoms with Crippen LogP contribution in [0.5, 0.6) is 0 Å². The van der Waals surface area contributed by atoms with E-state index < -0.39 is 12.3 Å². The van der Waals surface area contributed by atoms with Crippen LogP contribution in [0.2, 0.25) is 0 Å². The summed E-state index contributed by atoms with van der Waals surface area (Å²) in [6.07, 6.45) is -1.39. The molecule has 0 radical (unpaired) electrons. The fourth-order valence-electron chi connectivity index (χ4n) is 2.09. The Labute approximate surface area is 107 Å². The van der Waals surface area contributed by atoms with E-state index in [-0.39, 0.29) is 6.54 Å². The summed E-state index contributed by atoms with van der Waals surface area (Å²) < 4.78 is 25.8. The van der Waals surface area contributed by atoms with Crippen molar-refractivity contribution >= 4 is 21.8 Å². The first-order chi connectivity index (χ1) is 8.09. The highest BCUT2D eigenvalue weighted by molar-refractivity contribution is 9.10. The second-order valence-corrected chi connectivity index (χ2v) is 4.90. The number of amides is 1. The van der Waals surface area contributed by atoms with Crippen molar-refractivity contribution in [3.05, 3.63) is 33.8 Å². The quantitative estimate of drug-likeness (QED) is 0.781. The van der Waals surface area contributed by atoms with Crippen molar-refractivity contribution in [2.45, 2.75) is 25.8 Å². The summed E-state index contributed by atoms with van der Waals surface area (Å²) in [7, 11) is 0. The van der Waals surface area contributed by atoms with E-state index in [0.29, 0.717) is 13.0 Å². The molecule has 5 heteroatoms. The van der Waals surface area contributed by atoms with E-state index in [1.54, 1.807) is 0 Å². The number of benzene rings is 1. The van der Waals surface area contributed by atoms with Gasteiger partial charge >= 0.3 is 6.43 Å². The molecule has 1 amide bonds. The lowest BCUT2D eigenvalue weighted by molar-refractivity contribution is -0.143. The molecule has 0 aliphatic carbocycles. The first-order valence-corrected chi connectivity index (χ1v) is 6.22. The van der Waals surface area contributed by atoms with Crippen LogP contribution in [-0.2, 0) is 17.8 Å². The van der Waals surface area contributed by atoms with E-state index >= 15 is 0 Å². The minimum atomic E-state index is -2.91. The van der Waals surface area contributed by atoms with Gasteiger partial charge < -0.3 is 4.90 Å². The van der Waals surface area contributed by atoms with Crippen molar-refractivity contribution in [1.82, 2.24) is 4.90 Å². The molecule has 92 valence electrons. The van der Waals surface area contributed by atoms with Gasteiger partial charge in [-0.3, -0.25) is 4.79 Å². The Hall–Kier alpha value is -0.970. The third-order valence-electron chi connectivity index (χ3n) is 2.93. The number of halogens is 3. The van der Waals surface area contributed by atoms with Gasteiger partial charge in [-0.1, -0.05) is 28.1 Å². The summed E-state index contributed by atoms with van der Waals surface area (Å²) in [6.45, 7) is 0.669. The van der Waals surface area contributed by atoms with E-state index in [1.165, 1.54) is 4.90 Å². The number of hydrogen-bond donors (Lipinski definition) is 0. The molecular formula is C12H12BrF2NO. The molecular weight excluding hydrogens is 292 g/mol. The Bertz CT molecular complexity index is 437. The summed E-state index contributed by atoms with van der Waals surface area (Å²) in [4.78, 5) is 12.5. The Morgan fingerprint density at radius 3 is 2.88 bits per heavy atom. The molecule has 0 fully saturated rings. The molecule has 1 heterocycles. The number of carbonyl (C=O) groups excluding carboxylic acids is 1. The van der Waals surface area contributed by atoms with Crippen LogP contribution in [0.15, 0.2) is 22.7 Å². The number of fused-ring (bicyclic) bond motifs is 1. The number of nitrogens with zero attached hydrogens (tertiary/aromatic N) is 1. The molecule has 1 aliphatic heterocycles. The first-order valence-electron chi connectivity index (χ1n) is 5.43. The standard InChI is InChI=1S/C12H12BrF2NO/c13-10-5-1-3-8-7-16(12(17)11(14)15)6-2-4-9(8)10/h1,3,5,11H,2,4,6-7H2. The van der Waals surface area contributed by atoms with Crippen molar-refractivity contribution in [2.24, 2.45) is 0 Å². The lowest BCUT2D eigenvalue weighted by Gasteiger charge is -2.20. The summed E-state index contributed by atoms with van der Waals surface area (Å²) in [5.41, 5.74) is 2.07. The summed E-state index contributed by atoms with van der Waals surface area (Å²) in [6, 6.07) is 5.68. The molecule has 0 N–H and O–H groups in total. The Morgan fingerprint density at radius 2 is 2.18 bits per heavy atom. The van der Waals surface area contributed by atoms with E-state index in [2.05, 4.69) is 15.9 Å². The average molecular weight is 304 g/mol. The normalized spacial score (nSPS) is 15.6. The van der Waals surface area contributed by atoms with Gasteiger partial charge in [0.1, 0.15) is 0 Å². The van der Waals surface area contributed by atoms with Crippen LogP contribution in [0, 0.1) is 0 Å². The summed E-state index contributed by atoms with van der Waals surface area (Å²) in [5, 5.41) is 0. The maximum atomic E-state index is 12.4. The molecule has 17 heavy (non-hydrogen) atoms. The Balaban J connectivity index is 2.26. The van der Waals surface area contributed by atoms with Crippen LogP contribution in [-0.4, -0.2) is 23.8 Å². The largest absolute Gasteiger partial charge is 0.333 e. The smallest absolute Gasteiger partial charge is 0.315 e. The summed E-state index contributed by atoms with van der Waals surface area (Å²) >= 11 is 3.45. The molecule has 0 bridgehead atoms. The highest BCUT2D eigenvalue weighted by Gasteiger charge is 2.25. The third kappa shape index (κ3) is 2.65. The molecule has 1 aromatic carbocycles. The lowest BCUT2D eigenvalue weighted by atomic mass is 10.0. The molecule has 0 saturated heterocycles. The van der Waals surface area contributed by atoms with Gasteiger partial charge in [-0.25, -0.2) is 0 Å². The number of rotatable bonds is 1. The van der Waals surface area contributed by atoms with E-state index in [0.717, 1.165) is 22.0 Å². The lowest BCUT2D eigenvalue weighted by Crippen LogP contribution is -2.35. The average Bonchev–Trinajstić information content (AvgIpc) is 2.51. The van der Waals surface area contributed by atoms with E-state index in [4.69, 9.17) is 0 Å². The van der Waals surface area contributed by atoms with Crippen molar-refractivity contribution in [2.75, 3.05) is 6.54 Å². The fraction of sp³-hybridized carbons (Fsp3) is 0.417. The first kappa shape index (κ1) is 12.5. The third-order valence-corrected chi connectivity index (χ3v) is 3.67. The van der Waals surface area contributed by atoms with E-state index in [9.17, 15) is 13.6 Å². The molecule has 0 atom stereocenters. The molecule has 2 nitrogen and oxygen atoms in total. The van der Waals surface area contributed by atoms with Crippen molar-refractivity contribution in [3.63, 3.8) is 0 Å². The zero-order chi connectivity index (χ0) is 12.4. The van der Waals surface area contributed by atoms with Crippen LogP contribution < -0.4 is 0 Å². The molecule has 0 unspecified atom stereocenters. The van der Waals surface area contributed by atoms with Crippen LogP contribution in [0.25, 0.3) is 0 Å². The van der Waals surface area contributed by atoms with Crippen LogP contribution in [0.4, 0.5) is 8.78 Å². The van der Waals surface area contributed by atoms with Crippen molar-refractivity contribution in [1.29, 1.82) is 0 Å². The maximum Gasteiger partial charge on any atom is 0.315 e. The Morgan fingerprint density at radius 1 is 1.41 bits per heavy atom. The maximum absolute atomic E-state index is 12.4. The van der Waals surface area contributed by atoms with Crippen LogP contribution in [0.3, 0.4) is 0 Å². The fourth-order valence-corrected chi connectivity index (χ4v) is 2.69. The topological polar surface area (TPSA) is 20.3 Å². The highest BCUT2D eigenvalue weighted by atomic mass is 79.9. The second kappa shape index (κ2) is 5.12. The van der Waals surface area contributed by atoms with Gasteiger partial charge in [0.2, 0.25) is 0 Å². The van der Waals surface area contributed by atoms with Gasteiger partial charge in [-0.05, 0) is 30.0 Å². The number of hydrogen-bond acceptors (Lipinski definition) is 1. The highest BCUT2D eigenvalue weighted by Crippen LogP contribution is 2.26.